The number of carbonyl (C=O) groups is 4. The topological polar surface area (TPSA) is 237 Å². The van der Waals surface area contributed by atoms with Crippen molar-refractivity contribution in [3.63, 3.8) is 0 Å². The summed E-state index contributed by atoms with van der Waals surface area (Å²) in [5.41, 5.74) is 0. The lowest BCUT2D eigenvalue weighted by Gasteiger charge is -2.21. The molecule has 0 fully saturated rings. The number of esters is 4. The van der Waals surface area contributed by atoms with Crippen molar-refractivity contribution in [1.82, 2.24) is 0 Å². The van der Waals surface area contributed by atoms with Crippen LogP contribution < -0.4 is 0 Å². The summed E-state index contributed by atoms with van der Waals surface area (Å²) in [5, 5.41) is 10.6. The first kappa shape index (κ1) is 92.1. The Hall–Kier alpha value is -1.94. The summed E-state index contributed by atoms with van der Waals surface area (Å²) in [6.45, 7) is 9.50. The van der Waals surface area contributed by atoms with Crippen LogP contribution in [0.25, 0.3) is 0 Å². The Labute approximate surface area is 575 Å². The zero-order valence-corrected chi connectivity index (χ0v) is 63.1. The lowest BCUT2D eigenvalue weighted by molar-refractivity contribution is -0.161. The first-order valence-corrected chi connectivity index (χ1v) is 42.0. The molecule has 0 saturated heterocycles. The van der Waals surface area contributed by atoms with E-state index in [1.54, 1.807) is 0 Å². The van der Waals surface area contributed by atoms with Gasteiger partial charge in [-0.15, -0.1) is 0 Å². The van der Waals surface area contributed by atoms with Crippen molar-refractivity contribution in [1.29, 1.82) is 0 Å². The highest BCUT2D eigenvalue weighted by Crippen LogP contribution is 2.45. The second-order valence-electron chi connectivity index (χ2n) is 28.0. The smallest absolute Gasteiger partial charge is 0.462 e. The van der Waals surface area contributed by atoms with E-state index >= 15 is 0 Å². The fourth-order valence-electron chi connectivity index (χ4n) is 11.5. The highest BCUT2D eigenvalue weighted by Gasteiger charge is 2.30. The summed E-state index contributed by atoms with van der Waals surface area (Å²) in [4.78, 5) is 72.5. The molecule has 0 aliphatic heterocycles. The minimum atomic E-state index is -4.95. The van der Waals surface area contributed by atoms with Gasteiger partial charge >= 0.3 is 39.5 Å². The largest absolute Gasteiger partial charge is 0.472 e. The molecule has 558 valence electrons. The Balaban J connectivity index is 5.12. The fourth-order valence-corrected chi connectivity index (χ4v) is 13.1. The van der Waals surface area contributed by atoms with Crippen LogP contribution in [-0.2, 0) is 65.4 Å². The molecule has 94 heavy (non-hydrogen) atoms. The van der Waals surface area contributed by atoms with Crippen molar-refractivity contribution in [2.75, 3.05) is 39.6 Å². The summed E-state index contributed by atoms with van der Waals surface area (Å²) in [5.74, 6) is -0.593. The molecule has 0 aromatic rings. The second-order valence-corrected chi connectivity index (χ2v) is 30.9. The maximum Gasteiger partial charge on any atom is 0.472 e. The van der Waals surface area contributed by atoms with Gasteiger partial charge in [0.15, 0.2) is 12.2 Å². The van der Waals surface area contributed by atoms with Crippen LogP contribution in [-0.4, -0.2) is 96.7 Å². The van der Waals surface area contributed by atoms with Crippen molar-refractivity contribution in [2.45, 2.75) is 407 Å². The quantitative estimate of drug-likeness (QED) is 0.0222. The molecule has 0 aliphatic rings. The number of carbonyl (C=O) groups excluding carboxylic acids is 4. The van der Waals surface area contributed by atoms with Crippen LogP contribution >= 0.6 is 15.6 Å². The van der Waals surface area contributed by atoms with Gasteiger partial charge in [-0.25, -0.2) is 9.13 Å². The van der Waals surface area contributed by atoms with Crippen LogP contribution in [0.1, 0.15) is 388 Å². The van der Waals surface area contributed by atoms with Crippen LogP contribution in [0.5, 0.6) is 0 Å². The Morgan fingerprint density at radius 1 is 0.287 bits per heavy atom. The zero-order chi connectivity index (χ0) is 69.3. The molecule has 5 atom stereocenters. The first-order chi connectivity index (χ1) is 45.4. The number of hydrogen-bond donors (Lipinski definition) is 3. The molecule has 3 N–H and O–H groups in total. The third kappa shape index (κ3) is 68.6. The zero-order valence-electron chi connectivity index (χ0n) is 61.3. The summed E-state index contributed by atoms with van der Waals surface area (Å²) in [7, 11) is -9.90. The predicted molar refractivity (Wildman–Crippen MR) is 381 cm³/mol. The van der Waals surface area contributed by atoms with Gasteiger partial charge in [0.05, 0.1) is 26.4 Å². The van der Waals surface area contributed by atoms with Crippen molar-refractivity contribution in [3.8, 4) is 0 Å². The van der Waals surface area contributed by atoms with E-state index in [1.165, 1.54) is 199 Å². The molecule has 19 heteroatoms. The monoisotopic (exact) mass is 1380 g/mol. The van der Waals surface area contributed by atoms with E-state index in [0.29, 0.717) is 25.7 Å². The molecule has 0 aromatic carbocycles. The molecule has 0 bridgehead atoms. The number of aliphatic hydroxyl groups is 1. The number of aliphatic hydroxyl groups excluding tert-OH is 1. The molecule has 0 saturated carbocycles. The van der Waals surface area contributed by atoms with Crippen LogP contribution in [0.3, 0.4) is 0 Å². The van der Waals surface area contributed by atoms with Crippen LogP contribution in [0.2, 0.25) is 0 Å². The van der Waals surface area contributed by atoms with E-state index in [-0.39, 0.29) is 25.7 Å². The summed E-state index contributed by atoms with van der Waals surface area (Å²) in [6.07, 6.45) is 54.6. The van der Waals surface area contributed by atoms with Gasteiger partial charge in [0.25, 0.3) is 0 Å². The number of phosphoric ester groups is 2. The second kappa shape index (κ2) is 66.9. The third-order valence-electron chi connectivity index (χ3n) is 17.5. The summed E-state index contributed by atoms with van der Waals surface area (Å²) >= 11 is 0. The Morgan fingerprint density at radius 2 is 0.489 bits per heavy atom. The number of hydrogen-bond acceptors (Lipinski definition) is 15. The number of ether oxygens (including phenoxy) is 4. The van der Waals surface area contributed by atoms with Gasteiger partial charge in [0.1, 0.15) is 19.3 Å². The average Bonchev–Trinajstić information content (AvgIpc) is 1.27. The molecule has 0 amide bonds. The van der Waals surface area contributed by atoms with Gasteiger partial charge in [-0.05, 0) is 37.5 Å². The van der Waals surface area contributed by atoms with Gasteiger partial charge in [-0.2, -0.15) is 0 Å². The van der Waals surface area contributed by atoms with Crippen molar-refractivity contribution >= 4 is 39.5 Å². The van der Waals surface area contributed by atoms with Gasteiger partial charge in [-0.1, -0.05) is 337 Å². The van der Waals surface area contributed by atoms with Gasteiger partial charge in [0.2, 0.25) is 0 Å². The summed E-state index contributed by atoms with van der Waals surface area (Å²) < 4.78 is 68.3. The molecule has 0 aromatic heterocycles. The molecule has 17 nitrogen and oxygen atoms in total. The molecule has 2 unspecified atom stereocenters. The van der Waals surface area contributed by atoms with E-state index in [2.05, 4.69) is 41.5 Å². The highest BCUT2D eigenvalue weighted by atomic mass is 31.2. The average molecular weight is 1380 g/mol. The number of phosphoric acid groups is 2. The molecule has 0 heterocycles. The van der Waals surface area contributed by atoms with Crippen LogP contribution in [0.4, 0.5) is 0 Å². The Bertz CT molecular complexity index is 1820. The fraction of sp³-hybridized carbons (Fsp3) is 0.947. The van der Waals surface area contributed by atoms with Crippen molar-refractivity contribution in [3.05, 3.63) is 0 Å². The van der Waals surface area contributed by atoms with E-state index < -0.39 is 97.5 Å². The maximum absolute atomic E-state index is 13.1. The minimum absolute atomic E-state index is 0.106. The lowest BCUT2D eigenvalue weighted by Crippen LogP contribution is -2.30. The molecule has 0 spiro atoms. The molecule has 0 aliphatic carbocycles. The minimum Gasteiger partial charge on any atom is -0.462 e. The number of rotatable bonds is 74. The van der Waals surface area contributed by atoms with Gasteiger partial charge < -0.3 is 33.8 Å². The van der Waals surface area contributed by atoms with Gasteiger partial charge in [0, 0.05) is 25.7 Å². The SMILES string of the molecule is CCCCCCCCCCCCCCCCCCCCCCCC(=O)O[C@H](COC(=O)CCCCCCCCCCCCCC(C)C)COP(=O)(O)OC[C@@H](O)COP(=O)(O)OC[C@@H](COC(=O)CCCCCCC)OC(=O)CCCCCCCCCCCCCC(C)C. The first-order valence-electron chi connectivity index (χ1n) is 39.0. The standard InChI is InChI=1S/C75H146O17P2/c1-7-9-11-13-14-15-16-17-18-19-20-21-22-23-24-25-30-36-41-47-53-59-75(80)92-71(64-86-73(78)58-52-46-40-35-31-26-28-33-38-44-49-55-67(3)4)66-90-94(83,84)88-62-69(76)61-87-93(81,82)89-65-70(63-85-72(77)57-51-43-12-10-8-2)91-74(79)60-54-48-42-37-32-27-29-34-39-45-50-56-68(5)6/h67-71,76H,7-66H2,1-6H3,(H,81,82)(H,83,84)/t69-,70+,71+/m0/s1. The lowest BCUT2D eigenvalue weighted by atomic mass is 10.0. The Kier molecular flexibility index (Phi) is 65.5. The molecular weight excluding hydrogens is 1230 g/mol. The maximum atomic E-state index is 13.1. The normalized spacial score (nSPS) is 14.0. The van der Waals surface area contributed by atoms with E-state index in [9.17, 15) is 43.2 Å². The van der Waals surface area contributed by atoms with E-state index in [0.717, 1.165) is 108 Å². The van der Waals surface area contributed by atoms with Crippen molar-refractivity contribution in [2.24, 2.45) is 11.8 Å². The molecule has 0 radical (unpaired) electrons. The number of unbranched alkanes of at least 4 members (excludes halogenated alkanes) is 44. The third-order valence-corrected chi connectivity index (χ3v) is 19.4. The predicted octanol–water partition coefficient (Wildman–Crippen LogP) is 21.9. The van der Waals surface area contributed by atoms with E-state index in [1.807, 2.05) is 0 Å². The molecule has 0 rings (SSSR count). The molecular formula is C75H146O17P2. The van der Waals surface area contributed by atoms with Crippen molar-refractivity contribution < 1.29 is 80.2 Å². The Morgan fingerprint density at radius 3 is 0.723 bits per heavy atom. The van der Waals surface area contributed by atoms with Gasteiger partial charge in [-0.3, -0.25) is 37.3 Å². The van der Waals surface area contributed by atoms with Crippen LogP contribution in [0.15, 0.2) is 0 Å². The summed E-state index contributed by atoms with van der Waals surface area (Å²) in [6, 6.07) is 0. The van der Waals surface area contributed by atoms with Crippen LogP contribution in [0, 0.1) is 11.8 Å². The van der Waals surface area contributed by atoms with E-state index in [4.69, 9.17) is 37.0 Å². The highest BCUT2D eigenvalue weighted by molar-refractivity contribution is 7.47.